The van der Waals surface area contributed by atoms with Gasteiger partial charge in [-0.2, -0.15) is 0 Å². The van der Waals surface area contributed by atoms with Crippen LogP contribution >= 0.6 is 0 Å². The van der Waals surface area contributed by atoms with Gasteiger partial charge in [0.1, 0.15) is 5.75 Å². The number of rotatable bonds is 4. The molecule has 0 spiro atoms. The number of fused-ring (bicyclic) bond motifs is 1. The molecule has 0 aliphatic heterocycles. The van der Waals surface area contributed by atoms with E-state index in [1.165, 1.54) is 0 Å². The zero-order chi connectivity index (χ0) is 14.8. The van der Waals surface area contributed by atoms with Crippen LogP contribution in [0.25, 0.3) is 10.9 Å². The minimum absolute atomic E-state index is 0.405. The van der Waals surface area contributed by atoms with Crippen molar-refractivity contribution in [2.45, 2.75) is 6.54 Å². The summed E-state index contributed by atoms with van der Waals surface area (Å²) in [6, 6.07) is 15.4. The van der Waals surface area contributed by atoms with Gasteiger partial charge in [-0.3, -0.25) is 4.79 Å². The second kappa shape index (κ2) is 5.32. The molecule has 0 unspecified atom stereocenters. The summed E-state index contributed by atoms with van der Waals surface area (Å²) < 4.78 is 7.52. The van der Waals surface area contributed by atoms with Crippen molar-refractivity contribution < 1.29 is 9.53 Å². The Labute approximate surface area is 122 Å². The Bertz CT molecular complexity index is 788. The minimum Gasteiger partial charge on any atom is -0.496 e. The Morgan fingerprint density at radius 1 is 1.14 bits per heavy atom. The lowest BCUT2D eigenvalue weighted by Crippen LogP contribution is -2.10. The summed E-state index contributed by atoms with van der Waals surface area (Å²) >= 11 is 0. The molecule has 106 valence electrons. The van der Waals surface area contributed by atoms with Gasteiger partial charge in [-0.25, -0.2) is 0 Å². The Morgan fingerprint density at radius 2 is 1.90 bits per heavy atom. The second-order valence-corrected chi connectivity index (χ2v) is 4.90. The maximum absolute atomic E-state index is 11.1. The first-order valence-corrected chi connectivity index (χ1v) is 6.69. The van der Waals surface area contributed by atoms with Gasteiger partial charge in [0, 0.05) is 23.7 Å². The summed E-state index contributed by atoms with van der Waals surface area (Å²) in [6.07, 6.45) is 2.04. The maximum Gasteiger partial charge on any atom is 0.248 e. The molecule has 0 atom stereocenters. The van der Waals surface area contributed by atoms with Crippen molar-refractivity contribution >= 4 is 16.8 Å². The van der Waals surface area contributed by atoms with Gasteiger partial charge >= 0.3 is 0 Å². The number of ether oxygens (including phenoxy) is 1. The number of benzene rings is 2. The van der Waals surface area contributed by atoms with E-state index in [2.05, 4.69) is 10.6 Å². The molecular weight excluding hydrogens is 264 g/mol. The minimum atomic E-state index is -0.405. The van der Waals surface area contributed by atoms with Crippen molar-refractivity contribution in [1.29, 1.82) is 0 Å². The zero-order valence-electron chi connectivity index (χ0n) is 11.7. The van der Waals surface area contributed by atoms with Gasteiger partial charge < -0.3 is 15.0 Å². The predicted molar refractivity (Wildman–Crippen MR) is 82.6 cm³/mol. The molecule has 0 bridgehead atoms. The van der Waals surface area contributed by atoms with Crippen LogP contribution in [0, 0.1) is 0 Å². The van der Waals surface area contributed by atoms with Gasteiger partial charge in [0.05, 0.1) is 12.6 Å². The SMILES string of the molecule is COc1cccc2c1ccn2Cc1ccc(C(N)=O)cc1. The van der Waals surface area contributed by atoms with Crippen molar-refractivity contribution in [3.8, 4) is 5.75 Å². The standard InChI is InChI=1S/C17H16N2O2/c1-21-16-4-2-3-15-14(16)9-10-19(15)11-12-5-7-13(8-6-12)17(18)20/h2-10H,11H2,1H3,(H2,18,20). The topological polar surface area (TPSA) is 57.2 Å². The molecule has 2 aromatic carbocycles. The highest BCUT2D eigenvalue weighted by Crippen LogP contribution is 2.26. The molecule has 1 heterocycles. The lowest BCUT2D eigenvalue weighted by atomic mass is 10.1. The summed E-state index contributed by atoms with van der Waals surface area (Å²) in [7, 11) is 1.68. The van der Waals surface area contributed by atoms with Crippen molar-refractivity contribution in [2.24, 2.45) is 5.73 Å². The van der Waals surface area contributed by atoms with Crippen LogP contribution in [-0.4, -0.2) is 17.6 Å². The third-order valence-electron chi connectivity index (χ3n) is 3.58. The molecule has 0 aliphatic rings. The van der Waals surface area contributed by atoms with Gasteiger partial charge in [-0.05, 0) is 35.9 Å². The molecule has 0 radical (unpaired) electrons. The van der Waals surface area contributed by atoms with Crippen LogP contribution in [0.15, 0.2) is 54.7 Å². The largest absolute Gasteiger partial charge is 0.496 e. The highest BCUT2D eigenvalue weighted by atomic mass is 16.5. The Morgan fingerprint density at radius 3 is 2.57 bits per heavy atom. The van der Waals surface area contributed by atoms with E-state index in [9.17, 15) is 4.79 Å². The number of amides is 1. The van der Waals surface area contributed by atoms with Gasteiger partial charge in [0.2, 0.25) is 5.91 Å². The molecule has 4 heteroatoms. The lowest BCUT2D eigenvalue weighted by molar-refractivity contribution is 0.100. The zero-order valence-corrected chi connectivity index (χ0v) is 11.7. The third-order valence-corrected chi connectivity index (χ3v) is 3.58. The number of nitrogens with two attached hydrogens (primary N) is 1. The first-order valence-electron chi connectivity index (χ1n) is 6.69. The van der Waals surface area contributed by atoms with Crippen LogP contribution in [0.5, 0.6) is 5.75 Å². The van der Waals surface area contributed by atoms with Crippen molar-refractivity contribution in [2.75, 3.05) is 7.11 Å². The number of primary amides is 1. The van der Waals surface area contributed by atoms with E-state index in [0.29, 0.717) is 5.56 Å². The molecule has 0 saturated heterocycles. The predicted octanol–water partition coefficient (Wildman–Crippen LogP) is 2.80. The number of methoxy groups -OCH3 is 1. The van der Waals surface area contributed by atoms with Crippen LogP contribution < -0.4 is 10.5 Å². The van der Waals surface area contributed by atoms with Crippen molar-refractivity contribution in [3.63, 3.8) is 0 Å². The summed E-state index contributed by atoms with van der Waals surface area (Å²) in [4.78, 5) is 11.1. The molecule has 3 aromatic rings. The summed E-state index contributed by atoms with van der Waals surface area (Å²) in [6.45, 7) is 0.732. The van der Waals surface area contributed by atoms with Gasteiger partial charge in [0.25, 0.3) is 0 Å². The van der Waals surface area contributed by atoms with E-state index in [1.54, 1.807) is 19.2 Å². The fraction of sp³-hybridized carbons (Fsp3) is 0.118. The van der Waals surface area contributed by atoms with E-state index in [0.717, 1.165) is 28.8 Å². The van der Waals surface area contributed by atoms with Crippen LogP contribution in [-0.2, 0) is 6.54 Å². The fourth-order valence-electron chi connectivity index (χ4n) is 2.48. The summed E-state index contributed by atoms with van der Waals surface area (Å²) in [5, 5.41) is 1.09. The molecule has 0 aliphatic carbocycles. The van der Waals surface area contributed by atoms with Crippen LogP contribution in [0.4, 0.5) is 0 Å². The van der Waals surface area contributed by atoms with Crippen LogP contribution in [0.1, 0.15) is 15.9 Å². The average Bonchev–Trinajstić information content (AvgIpc) is 2.91. The first kappa shape index (κ1) is 13.2. The molecule has 21 heavy (non-hydrogen) atoms. The van der Waals surface area contributed by atoms with Crippen molar-refractivity contribution in [1.82, 2.24) is 4.57 Å². The Hall–Kier alpha value is -2.75. The highest BCUT2D eigenvalue weighted by molar-refractivity contribution is 5.92. The number of aromatic nitrogens is 1. The molecule has 3 rings (SSSR count). The molecule has 4 nitrogen and oxygen atoms in total. The number of hydrogen-bond donors (Lipinski definition) is 1. The number of nitrogens with zero attached hydrogens (tertiary/aromatic N) is 1. The lowest BCUT2D eigenvalue weighted by Gasteiger charge is -2.07. The van der Waals surface area contributed by atoms with E-state index >= 15 is 0 Å². The van der Waals surface area contributed by atoms with Crippen molar-refractivity contribution in [3.05, 3.63) is 65.9 Å². The molecule has 2 N–H and O–H groups in total. The quantitative estimate of drug-likeness (QED) is 0.799. The van der Waals surface area contributed by atoms with Gasteiger partial charge in [-0.15, -0.1) is 0 Å². The van der Waals surface area contributed by atoms with Crippen LogP contribution in [0.3, 0.4) is 0 Å². The summed E-state index contributed by atoms with van der Waals surface area (Å²) in [5.41, 5.74) is 8.00. The Kier molecular flexibility index (Phi) is 3.36. The number of carbonyl (C=O) groups is 1. The maximum atomic E-state index is 11.1. The summed E-state index contributed by atoms with van der Waals surface area (Å²) in [5.74, 6) is 0.466. The van der Waals surface area contributed by atoms with E-state index in [-0.39, 0.29) is 0 Å². The first-order chi connectivity index (χ1) is 10.2. The average molecular weight is 280 g/mol. The smallest absolute Gasteiger partial charge is 0.248 e. The second-order valence-electron chi connectivity index (χ2n) is 4.90. The van der Waals surface area contributed by atoms with E-state index in [1.807, 2.05) is 36.5 Å². The number of hydrogen-bond acceptors (Lipinski definition) is 2. The molecule has 1 aromatic heterocycles. The molecule has 0 saturated carbocycles. The normalized spacial score (nSPS) is 10.7. The monoisotopic (exact) mass is 280 g/mol. The van der Waals surface area contributed by atoms with Crippen LogP contribution in [0.2, 0.25) is 0 Å². The third kappa shape index (κ3) is 2.48. The molecular formula is C17H16N2O2. The Balaban J connectivity index is 1.93. The fourth-order valence-corrected chi connectivity index (χ4v) is 2.48. The number of carbonyl (C=O) groups excluding carboxylic acids is 1. The molecule has 1 amide bonds. The van der Waals surface area contributed by atoms with Gasteiger partial charge in [0.15, 0.2) is 0 Å². The van der Waals surface area contributed by atoms with Gasteiger partial charge in [-0.1, -0.05) is 18.2 Å². The van der Waals surface area contributed by atoms with E-state index < -0.39 is 5.91 Å². The highest BCUT2D eigenvalue weighted by Gasteiger charge is 2.06. The molecule has 0 fully saturated rings. The van der Waals surface area contributed by atoms with E-state index in [4.69, 9.17) is 10.5 Å².